The number of carbonyl (C=O) groups is 1. The van der Waals surface area contributed by atoms with Gasteiger partial charge in [-0.3, -0.25) is 9.89 Å². The average molecular weight is 357 g/mol. The number of nitrogens with one attached hydrogen (secondary N) is 1. The van der Waals surface area contributed by atoms with E-state index in [0.29, 0.717) is 24.2 Å². The molecule has 1 aliphatic carbocycles. The number of aromatic nitrogens is 2. The van der Waals surface area contributed by atoms with Gasteiger partial charge >= 0.3 is 5.97 Å². The van der Waals surface area contributed by atoms with Crippen LogP contribution in [0.2, 0.25) is 0 Å². The summed E-state index contributed by atoms with van der Waals surface area (Å²) in [5, 5.41) is 16.8. The van der Waals surface area contributed by atoms with E-state index in [1.54, 1.807) is 0 Å². The van der Waals surface area contributed by atoms with Crippen molar-refractivity contribution in [1.82, 2.24) is 10.2 Å². The Morgan fingerprint density at radius 3 is 2.64 bits per heavy atom. The standard InChI is InChI=1S/C19H23N3O2S/c20-14-7-5-13(6-8-14)17-19-18(22-21-17)15(10-25-19)12-3-1-11(2-4-12)9-16(23)24/h5-8,11-12,15H,1-4,9-10,20H2,(H,21,22)(H,23,24)/t11?,12?,15-/m0/s1. The highest BCUT2D eigenvalue weighted by Gasteiger charge is 2.36. The molecule has 0 radical (unpaired) electrons. The molecular weight excluding hydrogens is 334 g/mol. The van der Waals surface area contributed by atoms with Crippen LogP contribution in [0.5, 0.6) is 0 Å². The smallest absolute Gasteiger partial charge is 0.303 e. The first-order valence-corrected chi connectivity index (χ1v) is 9.89. The number of nitrogens with two attached hydrogens (primary N) is 1. The van der Waals surface area contributed by atoms with E-state index in [-0.39, 0.29) is 0 Å². The van der Waals surface area contributed by atoms with E-state index in [2.05, 4.69) is 10.2 Å². The summed E-state index contributed by atoms with van der Waals surface area (Å²) in [5.41, 5.74) is 9.96. The first-order valence-electron chi connectivity index (χ1n) is 8.90. The van der Waals surface area contributed by atoms with Crippen molar-refractivity contribution in [2.75, 3.05) is 11.5 Å². The SMILES string of the molecule is Nc1ccc(-c2n[nH]c3c2SC[C@H]3C2CCC(CC(=O)O)CC2)cc1. The monoisotopic (exact) mass is 357 g/mol. The van der Waals surface area contributed by atoms with Crippen LogP contribution in [0.3, 0.4) is 0 Å². The van der Waals surface area contributed by atoms with E-state index in [9.17, 15) is 4.79 Å². The maximum Gasteiger partial charge on any atom is 0.303 e. The quantitative estimate of drug-likeness (QED) is 0.716. The molecule has 2 heterocycles. The summed E-state index contributed by atoms with van der Waals surface area (Å²) in [7, 11) is 0. The van der Waals surface area contributed by atoms with Gasteiger partial charge in [0.1, 0.15) is 5.69 Å². The van der Waals surface area contributed by atoms with Crippen molar-refractivity contribution in [2.24, 2.45) is 11.8 Å². The van der Waals surface area contributed by atoms with Crippen LogP contribution in [0.1, 0.15) is 43.7 Å². The number of carboxylic acids is 1. The fourth-order valence-electron chi connectivity index (χ4n) is 4.25. The summed E-state index contributed by atoms with van der Waals surface area (Å²) >= 11 is 1.89. The number of fused-ring (bicyclic) bond motifs is 1. The molecule has 0 spiro atoms. The van der Waals surface area contributed by atoms with E-state index in [1.165, 1.54) is 10.6 Å². The van der Waals surface area contributed by atoms with E-state index >= 15 is 0 Å². The van der Waals surface area contributed by atoms with E-state index in [4.69, 9.17) is 10.8 Å². The van der Waals surface area contributed by atoms with Crippen LogP contribution in [0.25, 0.3) is 11.3 Å². The molecule has 0 bridgehead atoms. The molecule has 1 saturated carbocycles. The van der Waals surface area contributed by atoms with E-state index in [0.717, 1.165) is 48.4 Å². The third-order valence-corrected chi connectivity index (χ3v) is 6.86. The molecule has 1 aliphatic heterocycles. The maximum atomic E-state index is 10.9. The summed E-state index contributed by atoms with van der Waals surface area (Å²) in [5.74, 6) is 1.94. The van der Waals surface area contributed by atoms with Gasteiger partial charge in [0.25, 0.3) is 0 Å². The minimum atomic E-state index is -0.663. The minimum absolute atomic E-state index is 0.322. The number of rotatable bonds is 4. The maximum absolute atomic E-state index is 10.9. The van der Waals surface area contributed by atoms with Crippen LogP contribution >= 0.6 is 11.8 Å². The highest BCUT2D eigenvalue weighted by molar-refractivity contribution is 7.99. The number of benzene rings is 1. The Balaban J connectivity index is 1.48. The van der Waals surface area contributed by atoms with Gasteiger partial charge < -0.3 is 10.8 Å². The number of hydrogen-bond acceptors (Lipinski definition) is 4. The lowest BCUT2D eigenvalue weighted by atomic mass is 9.74. The molecule has 1 aromatic heterocycles. The molecule has 25 heavy (non-hydrogen) atoms. The minimum Gasteiger partial charge on any atom is -0.481 e. The number of H-pyrrole nitrogens is 1. The number of aromatic amines is 1. The Kier molecular flexibility index (Phi) is 4.46. The molecular formula is C19H23N3O2S. The second-order valence-corrected chi connectivity index (χ2v) is 8.26. The highest BCUT2D eigenvalue weighted by atomic mass is 32.2. The van der Waals surface area contributed by atoms with Crippen LogP contribution in [0, 0.1) is 11.8 Å². The number of nitrogens with zero attached hydrogens (tertiary/aromatic N) is 1. The van der Waals surface area contributed by atoms with Crippen LogP contribution in [0.15, 0.2) is 29.2 Å². The Morgan fingerprint density at radius 2 is 1.96 bits per heavy atom. The molecule has 2 aliphatic rings. The van der Waals surface area contributed by atoms with Crippen molar-refractivity contribution >= 4 is 23.4 Å². The molecule has 0 unspecified atom stereocenters. The second-order valence-electron chi connectivity index (χ2n) is 7.23. The van der Waals surface area contributed by atoms with Gasteiger partial charge in [0.05, 0.1) is 10.6 Å². The molecule has 132 valence electrons. The number of nitrogen functional groups attached to an aromatic ring is 1. The number of hydrogen-bond donors (Lipinski definition) is 3. The lowest BCUT2D eigenvalue weighted by molar-refractivity contribution is -0.138. The molecule has 4 N–H and O–H groups in total. The van der Waals surface area contributed by atoms with Crippen molar-refractivity contribution in [1.29, 1.82) is 0 Å². The molecule has 1 fully saturated rings. The number of thioether (sulfide) groups is 1. The van der Waals surface area contributed by atoms with Gasteiger partial charge in [-0.2, -0.15) is 5.10 Å². The van der Waals surface area contributed by atoms with Crippen molar-refractivity contribution in [3.05, 3.63) is 30.0 Å². The molecule has 2 aromatic rings. The first kappa shape index (κ1) is 16.5. The molecule has 1 atom stereocenters. The Labute approximate surface area is 151 Å². The second kappa shape index (κ2) is 6.75. The lowest BCUT2D eigenvalue weighted by Gasteiger charge is -2.31. The first-order chi connectivity index (χ1) is 12.1. The Hall–Kier alpha value is -1.95. The molecule has 1 aromatic carbocycles. The summed E-state index contributed by atoms with van der Waals surface area (Å²) in [4.78, 5) is 12.2. The zero-order valence-electron chi connectivity index (χ0n) is 14.1. The van der Waals surface area contributed by atoms with Crippen molar-refractivity contribution < 1.29 is 9.90 Å². The highest BCUT2D eigenvalue weighted by Crippen LogP contribution is 2.50. The van der Waals surface area contributed by atoms with Crippen molar-refractivity contribution in [3.8, 4) is 11.3 Å². The van der Waals surface area contributed by atoms with E-state index in [1.807, 2.05) is 36.0 Å². The molecule has 0 amide bonds. The summed E-state index contributed by atoms with van der Waals surface area (Å²) in [6, 6.07) is 7.88. The normalized spacial score (nSPS) is 25.7. The van der Waals surface area contributed by atoms with Gasteiger partial charge in [-0.05, 0) is 49.7 Å². The predicted octanol–water partition coefficient (Wildman–Crippen LogP) is 4.13. The third-order valence-electron chi connectivity index (χ3n) is 5.63. The zero-order valence-corrected chi connectivity index (χ0v) is 14.9. The lowest BCUT2D eigenvalue weighted by Crippen LogP contribution is -2.22. The van der Waals surface area contributed by atoms with Gasteiger partial charge in [-0.25, -0.2) is 0 Å². The average Bonchev–Trinajstić information content (AvgIpc) is 3.18. The topological polar surface area (TPSA) is 92.0 Å². The third kappa shape index (κ3) is 3.27. The number of aliphatic carboxylic acids is 1. The van der Waals surface area contributed by atoms with E-state index < -0.39 is 5.97 Å². The summed E-state index contributed by atoms with van der Waals surface area (Å²) in [6.45, 7) is 0. The molecule has 0 saturated heterocycles. The van der Waals surface area contributed by atoms with Gasteiger partial charge in [0.15, 0.2) is 0 Å². The van der Waals surface area contributed by atoms with Crippen LogP contribution in [-0.4, -0.2) is 27.0 Å². The van der Waals surface area contributed by atoms with Gasteiger partial charge in [0, 0.05) is 29.3 Å². The van der Waals surface area contributed by atoms with Crippen LogP contribution in [0.4, 0.5) is 5.69 Å². The Morgan fingerprint density at radius 1 is 1.24 bits per heavy atom. The van der Waals surface area contributed by atoms with Crippen LogP contribution in [-0.2, 0) is 4.79 Å². The van der Waals surface area contributed by atoms with Crippen LogP contribution < -0.4 is 5.73 Å². The molecule has 6 heteroatoms. The summed E-state index contributed by atoms with van der Waals surface area (Å²) < 4.78 is 0. The Bertz CT molecular complexity index is 763. The van der Waals surface area contributed by atoms with Crippen molar-refractivity contribution in [2.45, 2.75) is 42.9 Å². The summed E-state index contributed by atoms with van der Waals surface area (Å²) in [6.07, 6.45) is 4.64. The van der Waals surface area contributed by atoms with Gasteiger partial charge in [-0.15, -0.1) is 11.8 Å². The largest absolute Gasteiger partial charge is 0.481 e. The van der Waals surface area contributed by atoms with Crippen molar-refractivity contribution in [3.63, 3.8) is 0 Å². The number of carboxylic acid groups (broad SMARTS) is 1. The number of anilines is 1. The van der Waals surface area contributed by atoms with Gasteiger partial charge in [-0.1, -0.05) is 12.1 Å². The molecule has 4 rings (SSSR count). The zero-order chi connectivity index (χ0) is 17.4. The fourth-order valence-corrected chi connectivity index (χ4v) is 5.69. The van der Waals surface area contributed by atoms with Gasteiger partial charge in [0.2, 0.25) is 0 Å². The fraction of sp³-hybridized carbons (Fsp3) is 0.474. The molecule has 5 nitrogen and oxygen atoms in total. The predicted molar refractivity (Wildman–Crippen MR) is 99.6 cm³/mol.